The van der Waals surface area contributed by atoms with Gasteiger partial charge in [-0.3, -0.25) is 4.79 Å². The lowest BCUT2D eigenvalue weighted by atomic mass is 9.77. The summed E-state index contributed by atoms with van der Waals surface area (Å²) in [5, 5.41) is 2.95. The molecule has 1 unspecified atom stereocenters. The predicted molar refractivity (Wildman–Crippen MR) is 73.9 cm³/mol. The second-order valence-corrected chi connectivity index (χ2v) is 4.78. The molecule has 0 fully saturated rings. The zero-order chi connectivity index (χ0) is 13.2. The van der Waals surface area contributed by atoms with Gasteiger partial charge in [0.1, 0.15) is 5.82 Å². The Bertz CT molecular complexity index is 624. The van der Waals surface area contributed by atoms with Crippen molar-refractivity contribution in [1.82, 2.24) is 10.3 Å². The zero-order valence-electron chi connectivity index (χ0n) is 10.5. The Hall–Kier alpha value is -2.36. The van der Waals surface area contributed by atoms with Gasteiger partial charge < -0.3 is 11.1 Å². The SMILES string of the molecule is Nc1cc(C(=O)NCC2Cc3ccccc32)ccn1. The van der Waals surface area contributed by atoms with Crippen LogP contribution in [0.25, 0.3) is 0 Å². The van der Waals surface area contributed by atoms with Gasteiger partial charge in [0.15, 0.2) is 0 Å². The predicted octanol–water partition coefficient (Wildman–Crippen LogP) is 1.73. The normalized spacial score (nSPS) is 16.3. The zero-order valence-corrected chi connectivity index (χ0v) is 10.5. The molecule has 0 saturated heterocycles. The topological polar surface area (TPSA) is 68.0 Å². The Kier molecular flexibility index (Phi) is 2.91. The molecule has 1 aliphatic carbocycles. The number of pyridine rings is 1. The highest BCUT2D eigenvalue weighted by Crippen LogP contribution is 2.33. The lowest BCUT2D eigenvalue weighted by molar-refractivity contribution is 0.0950. The summed E-state index contributed by atoms with van der Waals surface area (Å²) in [5.41, 5.74) is 8.85. The summed E-state index contributed by atoms with van der Waals surface area (Å²) in [6.07, 6.45) is 2.58. The van der Waals surface area contributed by atoms with Gasteiger partial charge in [0.25, 0.3) is 5.91 Å². The van der Waals surface area contributed by atoms with Crippen LogP contribution in [0.4, 0.5) is 5.82 Å². The van der Waals surface area contributed by atoms with E-state index in [2.05, 4.69) is 22.4 Å². The third-order valence-corrected chi connectivity index (χ3v) is 3.51. The molecule has 0 aliphatic heterocycles. The van der Waals surface area contributed by atoms with Crippen molar-refractivity contribution in [1.29, 1.82) is 0 Å². The van der Waals surface area contributed by atoms with Crippen molar-refractivity contribution >= 4 is 11.7 Å². The Morgan fingerprint density at radius 2 is 2.21 bits per heavy atom. The Morgan fingerprint density at radius 3 is 3.00 bits per heavy atom. The molecule has 3 N–H and O–H groups in total. The minimum atomic E-state index is -0.0986. The molecule has 0 radical (unpaired) electrons. The van der Waals surface area contributed by atoms with Gasteiger partial charge in [0, 0.05) is 24.2 Å². The van der Waals surface area contributed by atoms with Crippen LogP contribution in [0.3, 0.4) is 0 Å². The van der Waals surface area contributed by atoms with E-state index in [-0.39, 0.29) is 5.91 Å². The van der Waals surface area contributed by atoms with E-state index < -0.39 is 0 Å². The summed E-state index contributed by atoms with van der Waals surface area (Å²) in [4.78, 5) is 15.8. The number of carbonyl (C=O) groups excluding carboxylic acids is 1. The number of rotatable bonds is 3. The average Bonchev–Trinajstić information content (AvgIpc) is 2.39. The van der Waals surface area contributed by atoms with Crippen LogP contribution in [-0.2, 0) is 6.42 Å². The highest BCUT2D eigenvalue weighted by Gasteiger charge is 2.25. The van der Waals surface area contributed by atoms with Crippen molar-refractivity contribution < 1.29 is 4.79 Å². The minimum absolute atomic E-state index is 0.0986. The molecule has 19 heavy (non-hydrogen) atoms. The van der Waals surface area contributed by atoms with Crippen LogP contribution < -0.4 is 11.1 Å². The van der Waals surface area contributed by atoms with Crippen molar-refractivity contribution in [3.63, 3.8) is 0 Å². The second kappa shape index (κ2) is 4.72. The summed E-state index contributed by atoms with van der Waals surface area (Å²) < 4.78 is 0. The van der Waals surface area contributed by atoms with Crippen LogP contribution in [-0.4, -0.2) is 17.4 Å². The van der Waals surface area contributed by atoms with Crippen molar-refractivity contribution in [2.45, 2.75) is 12.3 Å². The van der Waals surface area contributed by atoms with Gasteiger partial charge in [-0.05, 0) is 29.7 Å². The fourth-order valence-electron chi connectivity index (χ4n) is 2.45. The number of nitrogens with zero attached hydrogens (tertiary/aromatic N) is 1. The first-order valence-corrected chi connectivity index (χ1v) is 6.31. The molecular formula is C15H15N3O. The number of fused-ring (bicyclic) bond motifs is 1. The number of aromatic nitrogens is 1. The number of nitrogens with two attached hydrogens (primary N) is 1. The first-order valence-electron chi connectivity index (χ1n) is 6.31. The summed E-state index contributed by atoms with van der Waals surface area (Å²) in [6.45, 7) is 0.665. The summed E-state index contributed by atoms with van der Waals surface area (Å²) in [7, 11) is 0. The fourth-order valence-corrected chi connectivity index (χ4v) is 2.45. The van der Waals surface area contributed by atoms with Gasteiger partial charge in [-0.1, -0.05) is 24.3 Å². The van der Waals surface area contributed by atoms with Crippen LogP contribution in [0.15, 0.2) is 42.6 Å². The molecule has 1 amide bonds. The van der Waals surface area contributed by atoms with Crippen molar-refractivity contribution in [3.05, 3.63) is 59.3 Å². The van der Waals surface area contributed by atoms with Gasteiger partial charge >= 0.3 is 0 Å². The van der Waals surface area contributed by atoms with Crippen LogP contribution in [0, 0.1) is 0 Å². The van der Waals surface area contributed by atoms with E-state index in [4.69, 9.17) is 5.73 Å². The lowest BCUT2D eigenvalue weighted by Crippen LogP contribution is -2.33. The smallest absolute Gasteiger partial charge is 0.251 e. The maximum absolute atomic E-state index is 12.0. The number of nitrogens with one attached hydrogen (secondary N) is 1. The number of benzene rings is 1. The number of nitrogen functional groups attached to an aromatic ring is 1. The fraction of sp³-hybridized carbons (Fsp3) is 0.200. The van der Waals surface area contributed by atoms with Crippen LogP contribution >= 0.6 is 0 Å². The van der Waals surface area contributed by atoms with Gasteiger partial charge in [-0.25, -0.2) is 4.98 Å². The molecule has 0 saturated carbocycles. The van der Waals surface area contributed by atoms with Crippen molar-refractivity contribution in [2.24, 2.45) is 0 Å². The van der Waals surface area contributed by atoms with Crippen LogP contribution in [0.2, 0.25) is 0 Å². The maximum Gasteiger partial charge on any atom is 0.251 e. The van der Waals surface area contributed by atoms with Crippen LogP contribution in [0.1, 0.15) is 27.4 Å². The van der Waals surface area contributed by atoms with Crippen molar-refractivity contribution in [3.8, 4) is 0 Å². The first-order chi connectivity index (χ1) is 9.24. The third-order valence-electron chi connectivity index (χ3n) is 3.51. The summed E-state index contributed by atoms with van der Waals surface area (Å²) >= 11 is 0. The van der Waals surface area contributed by atoms with Crippen molar-refractivity contribution in [2.75, 3.05) is 12.3 Å². The van der Waals surface area contributed by atoms with E-state index >= 15 is 0 Å². The number of hydrogen-bond acceptors (Lipinski definition) is 3. The number of anilines is 1. The molecule has 0 bridgehead atoms. The molecule has 2 aromatic rings. The Balaban J connectivity index is 1.61. The molecule has 3 rings (SSSR count). The first kappa shape index (κ1) is 11.7. The molecule has 4 heteroatoms. The molecule has 4 nitrogen and oxygen atoms in total. The maximum atomic E-state index is 12.0. The van der Waals surface area contributed by atoms with E-state index in [0.29, 0.717) is 23.8 Å². The molecule has 0 spiro atoms. The highest BCUT2D eigenvalue weighted by atomic mass is 16.1. The quantitative estimate of drug-likeness (QED) is 0.875. The molecule has 96 valence electrons. The van der Waals surface area contributed by atoms with E-state index in [1.54, 1.807) is 18.3 Å². The molecule has 1 aromatic carbocycles. The van der Waals surface area contributed by atoms with Gasteiger partial charge in [0.2, 0.25) is 0 Å². The van der Waals surface area contributed by atoms with Gasteiger partial charge in [-0.15, -0.1) is 0 Å². The second-order valence-electron chi connectivity index (χ2n) is 4.78. The molecule has 1 heterocycles. The Morgan fingerprint density at radius 1 is 1.37 bits per heavy atom. The lowest BCUT2D eigenvalue weighted by Gasteiger charge is -2.30. The van der Waals surface area contributed by atoms with Crippen LogP contribution in [0.5, 0.6) is 0 Å². The van der Waals surface area contributed by atoms with E-state index in [1.165, 1.54) is 11.1 Å². The van der Waals surface area contributed by atoms with E-state index in [1.807, 2.05) is 12.1 Å². The number of hydrogen-bond donors (Lipinski definition) is 2. The summed E-state index contributed by atoms with van der Waals surface area (Å²) in [6, 6.07) is 11.6. The highest BCUT2D eigenvalue weighted by molar-refractivity contribution is 5.94. The summed E-state index contributed by atoms with van der Waals surface area (Å²) in [5.74, 6) is 0.694. The number of amides is 1. The van der Waals surface area contributed by atoms with Gasteiger partial charge in [-0.2, -0.15) is 0 Å². The molecule has 1 atom stereocenters. The van der Waals surface area contributed by atoms with Gasteiger partial charge in [0.05, 0.1) is 0 Å². The minimum Gasteiger partial charge on any atom is -0.384 e. The monoisotopic (exact) mass is 253 g/mol. The molecule has 1 aliphatic rings. The standard InChI is InChI=1S/C15H15N3O/c16-14-8-11(5-6-17-14)15(19)18-9-12-7-10-3-1-2-4-13(10)12/h1-6,8,12H,7,9H2,(H2,16,17)(H,18,19). The largest absolute Gasteiger partial charge is 0.384 e. The molecule has 1 aromatic heterocycles. The van der Waals surface area contributed by atoms with E-state index in [0.717, 1.165) is 6.42 Å². The van der Waals surface area contributed by atoms with E-state index in [9.17, 15) is 4.79 Å². The third kappa shape index (κ3) is 2.29. The average molecular weight is 253 g/mol. The number of carbonyl (C=O) groups is 1. The Labute approximate surface area is 111 Å². The molecular weight excluding hydrogens is 238 g/mol.